The van der Waals surface area contributed by atoms with Gasteiger partial charge in [0.25, 0.3) is 5.95 Å². The average Bonchev–Trinajstić information content (AvgIpc) is 2.92. The molecule has 7 nitrogen and oxygen atoms in total. The molecule has 0 aliphatic carbocycles. The van der Waals surface area contributed by atoms with E-state index in [1.54, 1.807) is 28.0 Å². The van der Waals surface area contributed by atoms with Crippen LogP contribution in [0.4, 0.5) is 5.95 Å². The Morgan fingerprint density at radius 1 is 1.25 bits per heavy atom. The molecule has 2 aromatic heterocycles. The lowest BCUT2D eigenvalue weighted by Gasteiger charge is -2.04. The molecule has 0 saturated carbocycles. The van der Waals surface area contributed by atoms with E-state index in [4.69, 9.17) is 5.73 Å². The molecule has 2 heterocycles. The van der Waals surface area contributed by atoms with Crippen molar-refractivity contribution in [1.82, 2.24) is 24.7 Å². The Bertz CT molecular complexity index is 578. The largest absolute Gasteiger partial charge is 0.359 e. The first-order valence-corrected chi connectivity index (χ1v) is 6.31. The van der Waals surface area contributed by atoms with Crippen LogP contribution in [-0.2, 0) is 6.42 Å². The van der Waals surface area contributed by atoms with E-state index in [1.807, 2.05) is 27.9 Å². The SMILES string of the molecule is CC.CN(C)c1nc(CC#CN)n(-c2ncccn2)n1. The predicted octanol–water partition coefficient (Wildman–Crippen LogP) is 0.612. The van der Waals surface area contributed by atoms with E-state index in [-0.39, 0.29) is 0 Å². The minimum atomic E-state index is 0.398. The first kappa shape index (κ1) is 15.4. The van der Waals surface area contributed by atoms with Crippen LogP contribution in [0.3, 0.4) is 0 Å². The van der Waals surface area contributed by atoms with Gasteiger partial charge >= 0.3 is 0 Å². The molecule has 0 amide bonds. The smallest absolute Gasteiger partial charge is 0.252 e. The maximum absolute atomic E-state index is 5.17. The molecule has 0 spiro atoms. The second kappa shape index (κ2) is 7.74. The quantitative estimate of drug-likeness (QED) is 0.651. The monoisotopic (exact) mass is 273 g/mol. The van der Waals surface area contributed by atoms with Gasteiger partial charge in [0.15, 0.2) is 0 Å². The van der Waals surface area contributed by atoms with Crippen LogP contribution in [0, 0.1) is 12.0 Å². The number of hydrogen-bond donors (Lipinski definition) is 1. The minimum absolute atomic E-state index is 0.398. The molecule has 2 aromatic rings. The standard InChI is InChI=1S/C11H13N7.C2H6/c1-17(2)11-15-9(5-3-6-12)18(16-11)10-13-7-4-8-14-10;1-2/h4,7-8H,5,12H2,1-2H3;1-2H3. The van der Waals surface area contributed by atoms with Gasteiger partial charge in [-0.1, -0.05) is 19.8 Å². The van der Waals surface area contributed by atoms with Gasteiger partial charge in [-0.2, -0.15) is 9.67 Å². The Labute approximate surface area is 118 Å². The molecular weight excluding hydrogens is 254 g/mol. The highest BCUT2D eigenvalue weighted by molar-refractivity contribution is 5.29. The molecule has 20 heavy (non-hydrogen) atoms. The van der Waals surface area contributed by atoms with Crippen molar-refractivity contribution in [3.05, 3.63) is 24.3 Å². The number of hydrogen-bond acceptors (Lipinski definition) is 6. The normalized spacial score (nSPS) is 9.00. The van der Waals surface area contributed by atoms with Crippen LogP contribution < -0.4 is 10.6 Å². The van der Waals surface area contributed by atoms with E-state index in [2.05, 4.69) is 32.0 Å². The summed E-state index contributed by atoms with van der Waals surface area (Å²) in [5.41, 5.74) is 5.17. The Morgan fingerprint density at radius 2 is 1.90 bits per heavy atom. The zero-order chi connectivity index (χ0) is 15.0. The van der Waals surface area contributed by atoms with Crippen molar-refractivity contribution < 1.29 is 0 Å². The number of aromatic nitrogens is 5. The fourth-order valence-electron chi connectivity index (χ4n) is 1.33. The van der Waals surface area contributed by atoms with Crippen molar-refractivity contribution in [2.75, 3.05) is 19.0 Å². The lowest BCUT2D eigenvalue weighted by molar-refractivity contribution is 0.763. The van der Waals surface area contributed by atoms with Gasteiger partial charge in [0.2, 0.25) is 5.95 Å². The molecule has 7 heteroatoms. The van der Waals surface area contributed by atoms with E-state index in [9.17, 15) is 0 Å². The summed E-state index contributed by atoms with van der Waals surface area (Å²) in [5.74, 6) is 4.46. The Kier molecular flexibility index (Phi) is 5.97. The molecule has 0 bridgehead atoms. The van der Waals surface area contributed by atoms with Crippen molar-refractivity contribution in [2.45, 2.75) is 20.3 Å². The fraction of sp³-hybridized carbons (Fsp3) is 0.385. The third kappa shape index (κ3) is 3.68. The summed E-state index contributed by atoms with van der Waals surface area (Å²) in [5, 5.41) is 4.33. The van der Waals surface area contributed by atoms with Gasteiger partial charge in [0, 0.05) is 32.5 Å². The van der Waals surface area contributed by atoms with Crippen LogP contribution in [0.15, 0.2) is 18.5 Å². The van der Waals surface area contributed by atoms with Crippen molar-refractivity contribution in [2.24, 2.45) is 5.73 Å². The molecule has 0 saturated heterocycles. The number of rotatable bonds is 3. The highest BCUT2D eigenvalue weighted by Gasteiger charge is 2.13. The summed E-state index contributed by atoms with van der Waals surface area (Å²) < 4.78 is 1.57. The third-order valence-corrected chi connectivity index (χ3v) is 2.15. The van der Waals surface area contributed by atoms with E-state index < -0.39 is 0 Å². The third-order valence-electron chi connectivity index (χ3n) is 2.15. The lowest BCUT2D eigenvalue weighted by Crippen LogP contribution is -2.11. The molecule has 0 radical (unpaired) electrons. The zero-order valence-electron chi connectivity index (χ0n) is 12.2. The van der Waals surface area contributed by atoms with Gasteiger partial charge in [-0.05, 0) is 6.07 Å². The Hall–Kier alpha value is -2.62. The summed E-state index contributed by atoms with van der Waals surface area (Å²) in [7, 11) is 3.73. The zero-order valence-corrected chi connectivity index (χ0v) is 12.2. The molecule has 0 fully saturated rings. The molecule has 2 N–H and O–H groups in total. The Balaban J connectivity index is 0.000000956. The van der Waals surface area contributed by atoms with Crippen LogP contribution >= 0.6 is 0 Å². The predicted molar refractivity (Wildman–Crippen MR) is 78.3 cm³/mol. The van der Waals surface area contributed by atoms with Crippen LogP contribution in [-0.4, -0.2) is 38.8 Å². The fourth-order valence-corrected chi connectivity index (χ4v) is 1.33. The van der Waals surface area contributed by atoms with Crippen LogP contribution in [0.5, 0.6) is 0 Å². The van der Waals surface area contributed by atoms with Crippen LogP contribution in [0.1, 0.15) is 19.7 Å². The van der Waals surface area contributed by atoms with Crippen molar-refractivity contribution in [3.8, 4) is 17.9 Å². The summed E-state index contributed by atoms with van der Waals surface area (Å²) in [6.07, 6.45) is 3.70. The van der Waals surface area contributed by atoms with Gasteiger partial charge in [-0.15, -0.1) is 5.10 Å². The summed E-state index contributed by atoms with van der Waals surface area (Å²) in [6.45, 7) is 4.00. The van der Waals surface area contributed by atoms with E-state index >= 15 is 0 Å². The first-order valence-electron chi connectivity index (χ1n) is 6.31. The summed E-state index contributed by atoms with van der Waals surface area (Å²) >= 11 is 0. The van der Waals surface area contributed by atoms with Crippen molar-refractivity contribution in [1.29, 1.82) is 0 Å². The molecular formula is C13H19N7. The maximum Gasteiger partial charge on any atom is 0.252 e. The van der Waals surface area contributed by atoms with Crippen LogP contribution in [0.25, 0.3) is 5.95 Å². The molecule has 0 atom stereocenters. The molecule has 0 unspecified atom stereocenters. The molecule has 0 aliphatic rings. The highest BCUT2D eigenvalue weighted by Crippen LogP contribution is 2.10. The van der Waals surface area contributed by atoms with E-state index in [1.165, 1.54) is 0 Å². The molecule has 0 aromatic carbocycles. The molecule has 0 aliphatic heterocycles. The topological polar surface area (TPSA) is 85.8 Å². The molecule has 2 rings (SSSR count). The number of nitrogens with two attached hydrogens (primary N) is 1. The highest BCUT2D eigenvalue weighted by atomic mass is 15.5. The van der Waals surface area contributed by atoms with E-state index in [0.717, 1.165) is 0 Å². The van der Waals surface area contributed by atoms with Crippen LogP contribution in [0.2, 0.25) is 0 Å². The lowest BCUT2D eigenvalue weighted by atomic mass is 10.4. The van der Waals surface area contributed by atoms with Gasteiger partial charge in [-0.3, -0.25) is 0 Å². The van der Waals surface area contributed by atoms with Gasteiger partial charge < -0.3 is 10.6 Å². The summed E-state index contributed by atoms with van der Waals surface area (Å²) in [4.78, 5) is 14.5. The first-order chi connectivity index (χ1) is 9.72. The van der Waals surface area contributed by atoms with Gasteiger partial charge in [0.05, 0.1) is 6.42 Å². The van der Waals surface area contributed by atoms with Gasteiger partial charge in [0.1, 0.15) is 5.82 Å². The van der Waals surface area contributed by atoms with Crippen molar-refractivity contribution in [3.63, 3.8) is 0 Å². The average molecular weight is 273 g/mol. The Morgan fingerprint density at radius 3 is 2.45 bits per heavy atom. The molecule has 106 valence electrons. The van der Waals surface area contributed by atoms with Crippen molar-refractivity contribution >= 4 is 5.95 Å². The van der Waals surface area contributed by atoms with E-state index in [0.29, 0.717) is 24.1 Å². The number of nitrogens with zero attached hydrogens (tertiary/aromatic N) is 6. The maximum atomic E-state index is 5.17. The second-order valence-corrected chi connectivity index (χ2v) is 3.68. The second-order valence-electron chi connectivity index (χ2n) is 3.68. The number of anilines is 1. The minimum Gasteiger partial charge on any atom is -0.359 e. The summed E-state index contributed by atoms with van der Waals surface area (Å²) in [6, 6.07) is 4.09. The van der Waals surface area contributed by atoms with Gasteiger partial charge in [-0.25, -0.2) is 9.97 Å².